The molecule has 0 heterocycles. The van der Waals surface area contributed by atoms with Crippen LogP contribution in [0.25, 0.3) is 0 Å². The molecular formula is C22H40O3. The van der Waals surface area contributed by atoms with Crippen LogP contribution < -0.4 is 0 Å². The second kappa shape index (κ2) is 7.21. The molecule has 2 saturated carbocycles. The first kappa shape index (κ1) is 20.7. The van der Waals surface area contributed by atoms with Crippen LogP contribution in [-0.4, -0.2) is 18.9 Å². The van der Waals surface area contributed by atoms with Gasteiger partial charge in [0.1, 0.15) is 0 Å². The predicted octanol–water partition coefficient (Wildman–Crippen LogP) is 5.82. The van der Waals surface area contributed by atoms with Gasteiger partial charge in [-0.2, -0.15) is 0 Å². The van der Waals surface area contributed by atoms with E-state index in [2.05, 4.69) is 41.5 Å². The number of hydrogen-bond donors (Lipinski definition) is 0. The van der Waals surface area contributed by atoms with E-state index in [0.717, 1.165) is 18.8 Å². The molecule has 2 aliphatic carbocycles. The van der Waals surface area contributed by atoms with Gasteiger partial charge in [0, 0.05) is 5.92 Å². The lowest BCUT2D eigenvalue weighted by Crippen LogP contribution is -2.40. The molecule has 0 aromatic rings. The normalized spacial score (nSPS) is 28.2. The topological polar surface area (TPSA) is 35.5 Å². The van der Waals surface area contributed by atoms with Gasteiger partial charge in [0.05, 0.1) is 12.0 Å². The lowest BCUT2D eigenvalue weighted by molar-refractivity contribution is -0.211. The van der Waals surface area contributed by atoms with E-state index >= 15 is 0 Å². The molecule has 25 heavy (non-hydrogen) atoms. The number of hydrogen-bond acceptors (Lipinski definition) is 3. The summed E-state index contributed by atoms with van der Waals surface area (Å²) in [5, 5.41) is 0. The molecule has 0 N–H and O–H groups in total. The van der Waals surface area contributed by atoms with Crippen molar-refractivity contribution in [2.24, 2.45) is 34.0 Å². The van der Waals surface area contributed by atoms with E-state index in [9.17, 15) is 4.79 Å². The van der Waals surface area contributed by atoms with Crippen molar-refractivity contribution in [1.82, 2.24) is 0 Å². The summed E-state index contributed by atoms with van der Waals surface area (Å²) in [5.41, 5.74) is -0.320. The van der Waals surface area contributed by atoms with Crippen molar-refractivity contribution in [3.8, 4) is 0 Å². The molecular weight excluding hydrogens is 312 g/mol. The first-order chi connectivity index (χ1) is 11.3. The van der Waals surface area contributed by atoms with Crippen molar-refractivity contribution >= 4 is 5.97 Å². The molecule has 0 aromatic heterocycles. The molecule has 4 unspecified atom stereocenters. The zero-order valence-corrected chi connectivity index (χ0v) is 17.8. The summed E-state index contributed by atoms with van der Waals surface area (Å²) >= 11 is 0. The fraction of sp³-hybridized carbons (Fsp3) is 0.955. The maximum atomic E-state index is 12.9. The van der Waals surface area contributed by atoms with Gasteiger partial charge in [-0.1, -0.05) is 48.0 Å². The number of ether oxygens (including phenoxy) is 2. The fourth-order valence-corrected chi connectivity index (χ4v) is 4.87. The van der Waals surface area contributed by atoms with Crippen molar-refractivity contribution in [2.75, 3.05) is 6.61 Å². The largest absolute Gasteiger partial charge is 0.435 e. The Morgan fingerprint density at radius 2 is 1.60 bits per heavy atom. The first-order valence-electron chi connectivity index (χ1n) is 10.1. The molecule has 146 valence electrons. The van der Waals surface area contributed by atoms with Gasteiger partial charge in [0.2, 0.25) is 6.29 Å². The Morgan fingerprint density at radius 1 is 0.960 bits per heavy atom. The summed E-state index contributed by atoms with van der Waals surface area (Å²) in [5.74, 6) is 1.77. The third-order valence-corrected chi connectivity index (χ3v) is 5.57. The van der Waals surface area contributed by atoms with Gasteiger partial charge in [-0.3, -0.25) is 4.79 Å². The molecule has 0 aromatic carbocycles. The molecule has 2 bridgehead atoms. The number of rotatable bonds is 6. The summed E-state index contributed by atoms with van der Waals surface area (Å²) in [6.07, 6.45) is 5.50. The van der Waals surface area contributed by atoms with Crippen molar-refractivity contribution in [2.45, 2.75) is 93.8 Å². The molecule has 2 fully saturated rings. The fourth-order valence-electron chi connectivity index (χ4n) is 4.87. The quantitative estimate of drug-likeness (QED) is 0.446. The molecule has 2 rings (SSSR count). The number of esters is 1. The highest BCUT2D eigenvalue weighted by atomic mass is 16.7. The monoisotopic (exact) mass is 352 g/mol. The van der Waals surface area contributed by atoms with Gasteiger partial charge in [-0.25, -0.2) is 0 Å². The van der Waals surface area contributed by atoms with Crippen LogP contribution in [0.15, 0.2) is 0 Å². The Labute approximate surface area is 155 Å². The van der Waals surface area contributed by atoms with Gasteiger partial charge in [0.15, 0.2) is 0 Å². The minimum Gasteiger partial charge on any atom is -0.435 e. The molecule has 0 spiro atoms. The van der Waals surface area contributed by atoms with Crippen LogP contribution in [0.2, 0.25) is 0 Å². The Bertz CT molecular complexity index is 467. The van der Waals surface area contributed by atoms with E-state index in [-0.39, 0.29) is 23.1 Å². The van der Waals surface area contributed by atoms with E-state index in [1.807, 2.05) is 13.8 Å². The third-order valence-electron chi connectivity index (χ3n) is 5.57. The van der Waals surface area contributed by atoms with E-state index in [1.165, 1.54) is 19.3 Å². The molecule has 0 aliphatic heterocycles. The summed E-state index contributed by atoms with van der Waals surface area (Å²) in [4.78, 5) is 12.9. The lowest BCUT2D eigenvalue weighted by Gasteiger charge is -2.36. The van der Waals surface area contributed by atoms with Crippen LogP contribution in [-0.2, 0) is 14.3 Å². The minimum absolute atomic E-state index is 0.0726. The average molecular weight is 353 g/mol. The molecule has 0 amide bonds. The van der Waals surface area contributed by atoms with Gasteiger partial charge in [-0.15, -0.1) is 0 Å². The summed E-state index contributed by atoms with van der Waals surface area (Å²) in [6.45, 7) is 17.6. The smallest absolute Gasteiger partial charge is 0.313 e. The number of fused-ring (bicyclic) bond motifs is 2. The third kappa shape index (κ3) is 5.98. The SMILES string of the molecule is CC(C)(C)COC(OC(=O)C(C)(C)CC(C)(C)C)C1CC2CCC1C2. The highest BCUT2D eigenvalue weighted by Gasteiger charge is 2.46. The van der Waals surface area contributed by atoms with Crippen LogP contribution in [0.3, 0.4) is 0 Å². The maximum absolute atomic E-state index is 12.9. The van der Waals surface area contributed by atoms with Crippen molar-refractivity contribution in [1.29, 1.82) is 0 Å². The van der Waals surface area contributed by atoms with E-state index in [0.29, 0.717) is 18.4 Å². The molecule has 3 heteroatoms. The number of carbonyl (C=O) groups is 1. The zero-order valence-electron chi connectivity index (χ0n) is 17.8. The van der Waals surface area contributed by atoms with Gasteiger partial charge >= 0.3 is 5.97 Å². The van der Waals surface area contributed by atoms with Crippen LogP contribution in [0.1, 0.15) is 87.5 Å². The second-order valence-electron chi connectivity index (χ2n) is 11.6. The standard InChI is InChI=1S/C22H40O3/c1-20(2,3)13-22(7,8)19(23)25-18(24-14-21(4,5)6)17-12-15-9-10-16(17)11-15/h15-18H,9-14H2,1-8H3. The zero-order chi connectivity index (χ0) is 19.0. The average Bonchev–Trinajstić information content (AvgIpc) is 3.01. The maximum Gasteiger partial charge on any atom is 0.313 e. The Hall–Kier alpha value is -0.570. The van der Waals surface area contributed by atoms with E-state index < -0.39 is 5.41 Å². The molecule has 0 saturated heterocycles. The predicted molar refractivity (Wildman–Crippen MR) is 102 cm³/mol. The van der Waals surface area contributed by atoms with Crippen LogP contribution in [0.4, 0.5) is 0 Å². The minimum atomic E-state index is -0.487. The molecule has 2 aliphatic rings. The molecule has 0 radical (unpaired) electrons. The molecule has 3 nitrogen and oxygen atoms in total. The number of carbonyl (C=O) groups excluding carboxylic acids is 1. The lowest BCUT2D eigenvalue weighted by atomic mass is 9.76. The van der Waals surface area contributed by atoms with Crippen molar-refractivity contribution in [3.05, 3.63) is 0 Å². The van der Waals surface area contributed by atoms with Crippen LogP contribution >= 0.6 is 0 Å². The summed E-state index contributed by atoms with van der Waals surface area (Å²) in [7, 11) is 0. The summed E-state index contributed by atoms with van der Waals surface area (Å²) in [6, 6.07) is 0. The Kier molecular flexibility index (Phi) is 5.98. The molecule has 4 atom stereocenters. The van der Waals surface area contributed by atoms with Gasteiger partial charge in [0.25, 0.3) is 0 Å². The highest BCUT2D eigenvalue weighted by Crippen LogP contribution is 2.50. The van der Waals surface area contributed by atoms with Gasteiger partial charge in [-0.05, 0) is 62.2 Å². The van der Waals surface area contributed by atoms with E-state index in [1.54, 1.807) is 0 Å². The summed E-state index contributed by atoms with van der Waals surface area (Å²) < 4.78 is 12.2. The van der Waals surface area contributed by atoms with Crippen LogP contribution in [0, 0.1) is 34.0 Å². The van der Waals surface area contributed by atoms with Crippen molar-refractivity contribution in [3.63, 3.8) is 0 Å². The highest BCUT2D eigenvalue weighted by molar-refractivity contribution is 5.76. The Morgan fingerprint density at radius 3 is 2.04 bits per heavy atom. The second-order valence-corrected chi connectivity index (χ2v) is 11.6. The first-order valence-corrected chi connectivity index (χ1v) is 10.1. The van der Waals surface area contributed by atoms with E-state index in [4.69, 9.17) is 9.47 Å². The van der Waals surface area contributed by atoms with Crippen LogP contribution in [0.5, 0.6) is 0 Å². The van der Waals surface area contributed by atoms with Gasteiger partial charge < -0.3 is 9.47 Å². The van der Waals surface area contributed by atoms with Crippen molar-refractivity contribution < 1.29 is 14.3 Å². The Balaban J connectivity index is 2.06.